The molecule has 3 aliphatic carbocycles. The third-order valence-electron chi connectivity index (χ3n) is 6.95. The van der Waals surface area contributed by atoms with E-state index in [0.29, 0.717) is 10.7 Å². The van der Waals surface area contributed by atoms with Crippen LogP contribution in [0.5, 0.6) is 0 Å². The molecule has 1 saturated heterocycles. The van der Waals surface area contributed by atoms with Crippen LogP contribution < -0.4 is 5.32 Å². The van der Waals surface area contributed by atoms with Gasteiger partial charge in [-0.2, -0.15) is 0 Å². The Morgan fingerprint density at radius 1 is 0.781 bits per heavy atom. The fourth-order valence-electron chi connectivity index (χ4n) is 5.81. The first-order valence-corrected chi connectivity index (χ1v) is 11.0. The summed E-state index contributed by atoms with van der Waals surface area (Å²) in [7, 11) is 0. The standard InChI is InChI=1S/C26H19ClN2O3/c27-14-6-5-7-15(12-14)28-20(30)13-29-25(31)23-21-16-8-1-2-9-17(16)22(24(23)26(29)32)19-11-4-3-10-18(19)21/h1-12,21-24H,13H2,(H,28,30)/t21?,22?,23-,24+. The van der Waals surface area contributed by atoms with E-state index in [-0.39, 0.29) is 30.2 Å². The Bertz CT molecular complexity index is 1190. The zero-order valence-electron chi connectivity index (χ0n) is 17.0. The van der Waals surface area contributed by atoms with Crippen LogP contribution in [0.4, 0.5) is 5.69 Å². The van der Waals surface area contributed by atoms with Crippen LogP contribution in [0, 0.1) is 11.8 Å². The number of benzene rings is 3. The second-order valence-electron chi connectivity index (χ2n) is 8.59. The minimum absolute atomic E-state index is 0.171. The Labute approximate surface area is 190 Å². The van der Waals surface area contributed by atoms with Gasteiger partial charge in [0.15, 0.2) is 0 Å². The van der Waals surface area contributed by atoms with Crippen molar-refractivity contribution in [3.05, 3.63) is 100 Å². The zero-order chi connectivity index (χ0) is 22.0. The van der Waals surface area contributed by atoms with Gasteiger partial charge in [0.2, 0.25) is 17.7 Å². The second kappa shape index (κ2) is 7.04. The first kappa shape index (κ1) is 19.3. The van der Waals surface area contributed by atoms with Crippen LogP contribution in [0.3, 0.4) is 0 Å². The average molecular weight is 443 g/mol. The lowest BCUT2D eigenvalue weighted by molar-refractivity contribution is -0.142. The number of halogens is 1. The molecule has 1 heterocycles. The topological polar surface area (TPSA) is 66.5 Å². The summed E-state index contributed by atoms with van der Waals surface area (Å²) < 4.78 is 0. The van der Waals surface area contributed by atoms with Gasteiger partial charge in [-0.15, -0.1) is 0 Å². The van der Waals surface area contributed by atoms with Gasteiger partial charge in [-0.05, 0) is 40.5 Å². The largest absolute Gasteiger partial charge is 0.324 e. The first-order chi connectivity index (χ1) is 15.5. The molecule has 6 heteroatoms. The molecule has 1 aliphatic heterocycles. The lowest BCUT2D eigenvalue weighted by Crippen LogP contribution is -2.41. The van der Waals surface area contributed by atoms with Crippen LogP contribution in [-0.2, 0) is 14.4 Å². The number of carbonyl (C=O) groups is 3. The summed E-state index contributed by atoms with van der Waals surface area (Å²) in [6.07, 6.45) is 0. The van der Waals surface area contributed by atoms with E-state index >= 15 is 0 Å². The molecule has 3 aromatic carbocycles. The van der Waals surface area contributed by atoms with Crippen molar-refractivity contribution in [2.75, 3.05) is 11.9 Å². The van der Waals surface area contributed by atoms with E-state index in [1.165, 1.54) is 0 Å². The van der Waals surface area contributed by atoms with E-state index in [4.69, 9.17) is 11.6 Å². The van der Waals surface area contributed by atoms with E-state index < -0.39 is 17.7 Å². The molecule has 5 nitrogen and oxygen atoms in total. The van der Waals surface area contributed by atoms with Gasteiger partial charge in [0.05, 0.1) is 11.8 Å². The summed E-state index contributed by atoms with van der Waals surface area (Å²) >= 11 is 5.99. The van der Waals surface area contributed by atoms with Gasteiger partial charge >= 0.3 is 0 Å². The molecule has 0 aromatic heterocycles. The number of nitrogens with zero attached hydrogens (tertiary/aromatic N) is 1. The predicted octanol–water partition coefficient (Wildman–Crippen LogP) is 4.17. The summed E-state index contributed by atoms with van der Waals surface area (Å²) in [5, 5.41) is 3.23. The van der Waals surface area contributed by atoms with E-state index in [1.807, 2.05) is 24.3 Å². The van der Waals surface area contributed by atoms with E-state index in [0.717, 1.165) is 27.2 Å². The molecule has 0 unspecified atom stereocenters. The molecule has 3 aromatic rings. The fraction of sp³-hybridized carbons (Fsp3) is 0.192. The molecule has 32 heavy (non-hydrogen) atoms. The molecule has 4 aliphatic rings. The van der Waals surface area contributed by atoms with Gasteiger partial charge < -0.3 is 5.32 Å². The third kappa shape index (κ3) is 2.67. The summed E-state index contributed by atoms with van der Waals surface area (Å²) in [6.45, 7) is -0.302. The number of imide groups is 1. The first-order valence-electron chi connectivity index (χ1n) is 10.6. The molecule has 0 saturated carbocycles. The molecular weight excluding hydrogens is 424 g/mol. The highest BCUT2D eigenvalue weighted by Gasteiger charge is 2.61. The molecule has 0 radical (unpaired) electrons. The minimum Gasteiger partial charge on any atom is -0.324 e. The number of hydrogen-bond acceptors (Lipinski definition) is 3. The summed E-state index contributed by atoms with van der Waals surface area (Å²) in [5.74, 6) is -2.24. The van der Waals surface area contributed by atoms with Crippen LogP contribution >= 0.6 is 11.6 Å². The third-order valence-corrected chi connectivity index (χ3v) is 7.18. The summed E-state index contributed by atoms with van der Waals surface area (Å²) in [5.41, 5.74) is 4.99. The number of amides is 3. The Morgan fingerprint density at radius 3 is 1.75 bits per heavy atom. The van der Waals surface area contributed by atoms with Gasteiger partial charge in [0.25, 0.3) is 0 Å². The molecular formula is C26H19ClN2O3. The van der Waals surface area contributed by atoms with Crippen LogP contribution in [0.2, 0.25) is 5.02 Å². The van der Waals surface area contributed by atoms with E-state index in [1.54, 1.807) is 24.3 Å². The van der Waals surface area contributed by atoms with Crippen molar-refractivity contribution in [2.24, 2.45) is 11.8 Å². The van der Waals surface area contributed by atoms with Gasteiger partial charge in [-0.1, -0.05) is 66.2 Å². The smallest absolute Gasteiger partial charge is 0.244 e. The van der Waals surface area contributed by atoms with Crippen LogP contribution in [0.15, 0.2) is 72.8 Å². The molecule has 1 N–H and O–H groups in total. The lowest BCUT2D eigenvalue weighted by atomic mass is 9.55. The number of nitrogens with one attached hydrogen (secondary N) is 1. The van der Waals surface area contributed by atoms with Crippen molar-refractivity contribution in [1.82, 2.24) is 4.90 Å². The molecule has 7 rings (SSSR count). The van der Waals surface area contributed by atoms with Gasteiger partial charge in [-0.25, -0.2) is 0 Å². The molecule has 158 valence electrons. The van der Waals surface area contributed by atoms with Crippen molar-refractivity contribution in [2.45, 2.75) is 11.8 Å². The van der Waals surface area contributed by atoms with Gasteiger partial charge in [0, 0.05) is 22.5 Å². The normalized spacial score (nSPS) is 24.7. The maximum absolute atomic E-state index is 13.5. The van der Waals surface area contributed by atoms with Crippen molar-refractivity contribution in [1.29, 1.82) is 0 Å². The van der Waals surface area contributed by atoms with Crippen molar-refractivity contribution < 1.29 is 14.4 Å². The molecule has 0 spiro atoms. The Balaban J connectivity index is 1.35. The maximum atomic E-state index is 13.5. The van der Waals surface area contributed by atoms with E-state index in [2.05, 4.69) is 29.6 Å². The van der Waals surface area contributed by atoms with E-state index in [9.17, 15) is 14.4 Å². The SMILES string of the molecule is O=C(CN1C(=O)[C@@H]2C3c4ccccc4C(c4ccccc43)[C@@H]2C1=O)Nc1cccc(Cl)c1. The quantitative estimate of drug-likeness (QED) is 0.619. The number of hydrogen-bond donors (Lipinski definition) is 1. The number of likely N-dealkylation sites (tertiary alicyclic amines) is 1. The van der Waals surface area contributed by atoms with Crippen molar-refractivity contribution in [3.8, 4) is 0 Å². The van der Waals surface area contributed by atoms with Crippen LogP contribution in [0.25, 0.3) is 0 Å². The fourth-order valence-corrected chi connectivity index (χ4v) is 6.00. The molecule has 2 bridgehead atoms. The lowest BCUT2D eigenvalue weighted by Gasteiger charge is -2.45. The van der Waals surface area contributed by atoms with Crippen molar-refractivity contribution in [3.63, 3.8) is 0 Å². The number of anilines is 1. The number of rotatable bonds is 3. The average Bonchev–Trinajstić information content (AvgIpc) is 3.04. The molecule has 2 atom stereocenters. The minimum atomic E-state index is -0.476. The monoisotopic (exact) mass is 442 g/mol. The molecule has 1 fully saturated rings. The summed E-state index contributed by atoms with van der Waals surface area (Å²) in [6, 6.07) is 22.9. The van der Waals surface area contributed by atoms with Gasteiger partial charge in [-0.3, -0.25) is 19.3 Å². The Hall–Kier alpha value is -3.44. The number of carbonyl (C=O) groups excluding carboxylic acids is 3. The Kier molecular flexibility index (Phi) is 4.24. The van der Waals surface area contributed by atoms with Crippen molar-refractivity contribution >= 4 is 35.0 Å². The van der Waals surface area contributed by atoms with Crippen LogP contribution in [-0.4, -0.2) is 29.2 Å². The zero-order valence-corrected chi connectivity index (χ0v) is 17.8. The highest BCUT2D eigenvalue weighted by atomic mass is 35.5. The Morgan fingerprint density at radius 2 is 1.28 bits per heavy atom. The molecule has 3 amide bonds. The predicted molar refractivity (Wildman–Crippen MR) is 120 cm³/mol. The highest BCUT2D eigenvalue weighted by molar-refractivity contribution is 6.30. The highest BCUT2D eigenvalue weighted by Crippen LogP contribution is 2.60. The second-order valence-corrected chi connectivity index (χ2v) is 9.02. The summed E-state index contributed by atoms with van der Waals surface area (Å²) in [4.78, 5) is 40.8. The maximum Gasteiger partial charge on any atom is 0.244 e. The van der Waals surface area contributed by atoms with Crippen LogP contribution in [0.1, 0.15) is 34.1 Å². The van der Waals surface area contributed by atoms with Gasteiger partial charge in [0.1, 0.15) is 6.54 Å².